The molecule has 1 atom stereocenters. The van der Waals surface area contributed by atoms with Crippen molar-refractivity contribution in [3.05, 3.63) is 40.6 Å². The smallest absolute Gasteiger partial charge is 0.262 e. The Kier molecular flexibility index (Phi) is 4.12. The summed E-state index contributed by atoms with van der Waals surface area (Å²) in [7, 11) is 1.76. The first-order valence-electron chi connectivity index (χ1n) is 8.73. The van der Waals surface area contributed by atoms with Crippen LogP contribution in [-0.2, 0) is 13.6 Å². The van der Waals surface area contributed by atoms with Crippen molar-refractivity contribution in [3.63, 3.8) is 0 Å². The van der Waals surface area contributed by atoms with Gasteiger partial charge in [-0.1, -0.05) is 19.3 Å². The first kappa shape index (κ1) is 16.0. The first-order chi connectivity index (χ1) is 12.1. The van der Waals surface area contributed by atoms with E-state index in [1.165, 1.54) is 12.6 Å². The summed E-state index contributed by atoms with van der Waals surface area (Å²) in [5.74, 6) is 1.41. The maximum Gasteiger partial charge on any atom is 0.262 e. The topological polar surface area (TPSA) is 102 Å². The van der Waals surface area contributed by atoms with E-state index in [9.17, 15) is 9.90 Å². The molecule has 0 aromatic carbocycles. The second-order valence-electron chi connectivity index (χ2n) is 6.77. The normalized spacial score (nSPS) is 17.2. The number of imidazole rings is 1. The van der Waals surface area contributed by atoms with Crippen molar-refractivity contribution in [3.8, 4) is 0 Å². The molecule has 2 N–H and O–H groups in total. The fraction of sp³-hybridized carbons (Fsp3) is 0.529. The fourth-order valence-corrected chi connectivity index (χ4v) is 3.70. The molecule has 1 saturated carbocycles. The van der Waals surface area contributed by atoms with E-state index in [1.54, 1.807) is 17.9 Å². The van der Waals surface area contributed by atoms with Crippen molar-refractivity contribution < 1.29 is 5.11 Å². The predicted octanol–water partition coefficient (Wildman–Crippen LogP) is 1.52. The van der Waals surface area contributed by atoms with Gasteiger partial charge in [0.15, 0.2) is 5.65 Å². The molecule has 0 spiro atoms. The molecule has 1 unspecified atom stereocenters. The third kappa shape index (κ3) is 2.97. The van der Waals surface area contributed by atoms with Crippen LogP contribution >= 0.6 is 0 Å². The number of aromatic nitrogens is 6. The van der Waals surface area contributed by atoms with Crippen molar-refractivity contribution in [2.24, 2.45) is 13.0 Å². The first-order valence-corrected chi connectivity index (χ1v) is 8.73. The van der Waals surface area contributed by atoms with Gasteiger partial charge in [0.25, 0.3) is 5.56 Å². The summed E-state index contributed by atoms with van der Waals surface area (Å²) >= 11 is 0. The lowest BCUT2D eigenvalue weighted by Gasteiger charge is -2.26. The standard InChI is InChI=1S/C17H22N6O2/c1-22-15-12(9-19-22)17(25)21-13(20-15)10-23-8-7-18-16(23)14(24)11-5-3-2-4-6-11/h7-9,11,14,24H,2-6,10H2,1H3,(H,20,21,25). The van der Waals surface area contributed by atoms with Crippen LogP contribution in [0, 0.1) is 5.92 Å². The van der Waals surface area contributed by atoms with Gasteiger partial charge in [0, 0.05) is 19.4 Å². The quantitative estimate of drug-likeness (QED) is 0.748. The number of rotatable bonds is 4. The number of H-pyrrole nitrogens is 1. The summed E-state index contributed by atoms with van der Waals surface area (Å²) in [6.45, 7) is 0.357. The molecule has 8 heteroatoms. The van der Waals surface area contributed by atoms with E-state index in [2.05, 4.69) is 20.1 Å². The van der Waals surface area contributed by atoms with Crippen LogP contribution in [0.2, 0.25) is 0 Å². The SMILES string of the molecule is Cn1ncc2c(=O)[nH]c(Cn3ccnc3C(O)C3CCCCC3)nc21. The molecule has 0 radical (unpaired) electrons. The lowest BCUT2D eigenvalue weighted by Crippen LogP contribution is -2.21. The summed E-state index contributed by atoms with van der Waals surface area (Å²) in [6.07, 6.45) is 10.1. The Bertz CT molecular complexity index is 934. The monoisotopic (exact) mass is 342 g/mol. The number of aromatic amines is 1. The zero-order valence-corrected chi connectivity index (χ0v) is 14.2. The number of aliphatic hydroxyl groups is 1. The molecule has 0 bridgehead atoms. The molecule has 132 valence electrons. The van der Waals surface area contributed by atoms with Crippen LogP contribution in [0.1, 0.15) is 49.9 Å². The zero-order valence-electron chi connectivity index (χ0n) is 14.2. The Morgan fingerprint density at radius 1 is 1.36 bits per heavy atom. The molecule has 0 saturated heterocycles. The molecular formula is C17H22N6O2. The van der Waals surface area contributed by atoms with Gasteiger partial charge in [-0.3, -0.25) is 9.48 Å². The van der Waals surface area contributed by atoms with Gasteiger partial charge in [0.2, 0.25) is 0 Å². The Morgan fingerprint density at radius 3 is 2.96 bits per heavy atom. The molecule has 1 aliphatic carbocycles. The highest BCUT2D eigenvalue weighted by Crippen LogP contribution is 2.33. The lowest BCUT2D eigenvalue weighted by molar-refractivity contribution is 0.0742. The fourth-order valence-electron chi connectivity index (χ4n) is 3.70. The van der Waals surface area contributed by atoms with Gasteiger partial charge in [-0.25, -0.2) is 9.97 Å². The van der Waals surface area contributed by atoms with Crippen molar-refractivity contribution in [2.75, 3.05) is 0 Å². The second-order valence-corrected chi connectivity index (χ2v) is 6.77. The molecular weight excluding hydrogens is 320 g/mol. The minimum absolute atomic E-state index is 0.206. The molecule has 25 heavy (non-hydrogen) atoms. The van der Waals surface area contributed by atoms with Crippen molar-refractivity contribution in [1.29, 1.82) is 0 Å². The Labute approximate surface area is 144 Å². The van der Waals surface area contributed by atoms with Crippen molar-refractivity contribution >= 4 is 11.0 Å². The number of hydrogen-bond acceptors (Lipinski definition) is 5. The summed E-state index contributed by atoms with van der Waals surface area (Å²) < 4.78 is 3.44. The summed E-state index contributed by atoms with van der Waals surface area (Å²) in [5.41, 5.74) is 0.343. The van der Waals surface area contributed by atoms with E-state index in [0.717, 1.165) is 25.7 Å². The third-order valence-corrected chi connectivity index (χ3v) is 5.08. The van der Waals surface area contributed by atoms with Gasteiger partial charge in [0.05, 0.1) is 12.7 Å². The molecule has 1 fully saturated rings. The molecule has 0 aliphatic heterocycles. The van der Waals surface area contributed by atoms with E-state index < -0.39 is 6.10 Å². The number of nitrogens with one attached hydrogen (secondary N) is 1. The third-order valence-electron chi connectivity index (χ3n) is 5.08. The highest BCUT2D eigenvalue weighted by molar-refractivity contribution is 5.72. The number of aryl methyl sites for hydroxylation is 1. The predicted molar refractivity (Wildman–Crippen MR) is 92.0 cm³/mol. The molecule has 3 aromatic heterocycles. The van der Waals surface area contributed by atoms with Crippen LogP contribution in [0.4, 0.5) is 0 Å². The molecule has 0 amide bonds. The number of hydrogen-bond donors (Lipinski definition) is 2. The van der Waals surface area contributed by atoms with Crippen LogP contribution in [-0.4, -0.2) is 34.4 Å². The maximum absolute atomic E-state index is 12.2. The number of fused-ring (bicyclic) bond motifs is 1. The van der Waals surface area contributed by atoms with Gasteiger partial charge in [-0.05, 0) is 18.8 Å². The van der Waals surface area contributed by atoms with E-state index in [1.807, 2.05) is 10.8 Å². The largest absolute Gasteiger partial charge is 0.385 e. The zero-order chi connectivity index (χ0) is 17.4. The molecule has 8 nitrogen and oxygen atoms in total. The minimum Gasteiger partial charge on any atom is -0.385 e. The maximum atomic E-state index is 12.2. The highest BCUT2D eigenvalue weighted by atomic mass is 16.3. The minimum atomic E-state index is -0.581. The van der Waals surface area contributed by atoms with Crippen molar-refractivity contribution in [1.82, 2.24) is 29.3 Å². The molecule has 1 aliphatic rings. The molecule has 4 rings (SSSR count). The van der Waals surface area contributed by atoms with E-state index in [0.29, 0.717) is 29.2 Å². The van der Waals surface area contributed by atoms with Gasteiger partial charge >= 0.3 is 0 Å². The summed E-state index contributed by atoms with van der Waals surface area (Å²) in [5, 5.41) is 15.3. The van der Waals surface area contributed by atoms with E-state index in [-0.39, 0.29) is 11.5 Å². The Balaban J connectivity index is 1.62. The Hall–Kier alpha value is -2.48. The van der Waals surface area contributed by atoms with Gasteiger partial charge < -0.3 is 14.7 Å². The summed E-state index contributed by atoms with van der Waals surface area (Å²) in [4.78, 5) is 23.8. The van der Waals surface area contributed by atoms with Crippen LogP contribution in [0.3, 0.4) is 0 Å². The van der Waals surface area contributed by atoms with Gasteiger partial charge in [-0.2, -0.15) is 5.10 Å². The number of nitrogens with zero attached hydrogens (tertiary/aromatic N) is 5. The lowest BCUT2D eigenvalue weighted by atomic mass is 9.85. The second kappa shape index (κ2) is 6.44. The van der Waals surface area contributed by atoms with Crippen molar-refractivity contribution in [2.45, 2.75) is 44.8 Å². The van der Waals surface area contributed by atoms with E-state index in [4.69, 9.17) is 0 Å². The van der Waals surface area contributed by atoms with Crippen LogP contribution in [0.15, 0.2) is 23.4 Å². The van der Waals surface area contributed by atoms with E-state index >= 15 is 0 Å². The van der Waals surface area contributed by atoms with Crippen LogP contribution in [0.5, 0.6) is 0 Å². The van der Waals surface area contributed by atoms with Gasteiger partial charge in [-0.15, -0.1) is 0 Å². The molecule has 3 heterocycles. The average Bonchev–Trinajstić information content (AvgIpc) is 3.23. The Morgan fingerprint density at radius 2 is 2.16 bits per heavy atom. The summed E-state index contributed by atoms with van der Waals surface area (Å²) in [6, 6.07) is 0. The number of aliphatic hydroxyl groups excluding tert-OH is 1. The van der Waals surface area contributed by atoms with Crippen LogP contribution in [0.25, 0.3) is 11.0 Å². The van der Waals surface area contributed by atoms with Gasteiger partial charge in [0.1, 0.15) is 23.1 Å². The highest BCUT2D eigenvalue weighted by Gasteiger charge is 2.26. The molecule has 3 aromatic rings. The van der Waals surface area contributed by atoms with Crippen LogP contribution < -0.4 is 5.56 Å². The average molecular weight is 342 g/mol.